The average molecular weight is 1100 g/mol. The number of hydrogen-bond donors (Lipinski definition) is 3. The van der Waals surface area contributed by atoms with Crippen LogP contribution in [0, 0.1) is 0 Å². The van der Waals surface area contributed by atoms with Crippen LogP contribution < -0.4 is 0 Å². The zero-order chi connectivity index (χ0) is 57.5. The molecule has 12 nitrogen and oxygen atoms in total. The Labute approximate surface area is 476 Å². The maximum Gasteiger partial charge on any atom is 0.335 e. The normalized spacial score (nSPS) is 18.9. The van der Waals surface area contributed by atoms with E-state index in [0.29, 0.717) is 19.3 Å². The van der Waals surface area contributed by atoms with Crippen molar-refractivity contribution < 1.29 is 58.2 Å². The van der Waals surface area contributed by atoms with Crippen LogP contribution in [0.1, 0.15) is 201 Å². The predicted octanol–water partition coefficient (Wildman–Crippen LogP) is 15.6. The van der Waals surface area contributed by atoms with Crippen LogP contribution in [0.4, 0.5) is 0 Å². The Hall–Kier alpha value is -5.40. The van der Waals surface area contributed by atoms with Crippen LogP contribution in [0.5, 0.6) is 0 Å². The Morgan fingerprint density at radius 1 is 0.418 bits per heavy atom. The number of rotatable bonds is 48. The van der Waals surface area contributed by atoms with Crippen LogP contribution >= 0.6 is 0 Å². The molecule has 1 aliphatic rings. The van der Waals surface area contributed by atoms with Gasteiger partial charge in [0.25, 0.3) is 0 Å². The third-order valence-corrected chi connectivity index (χ3v) is 12.4. The van der Waals surface area contributed by atoms with Crippen LogP contribution in [0.25, 0.3) is 0 Å². The van der Waals surface area contributed by atoms with Crippen LogP contribution in [-0.4, -0.2) is 89.2 Å². The first-order valence-corrected chi connectivity index (χ1v) is 29.8. The Morgan fingerprint density at radius 2 is 0.759 bits per heavy atom. The molecule has 0 aromatic heterocycles. The maximum absolute atomic E-state index is 13.1. The lowest BCUT2D eigenvalue weighted by atomic mass is 9.98. The fraction of sp³-hybridized carbons (Fsp3) is 0.582. The van der Waals surface area contributed by atoms with Gasteiger partial charge in [0.2, 0.25) is 0 Å². The molecule has 0 saturated carbocycles. The maximum atomic E-state index is 13.1. The summed E-state index contributed by atoms with van der Waals surface area (Å²) in [6.45, 7) is 5.57. The van der Waals surface area contributed by atoms with Gasteiger partial charge in [0, 0.05) is 19.3 Å². The molecule has 1 rings (SSSR count). The Morgan fingerprint density at radius 3 is 1.16 bits per heavy atom. The zero-order valence-electron chi connectivity index (χ0n) is 48.5. The van der Waals surface area contributed by atoms with Crippen molar-refractivity contribution in [2.45, 2.75) is 237 Å². The number of carboxylic acids is 1. The molecule has 6 atom stereocenters. The molecule has 0 amide bonds. The lowest BCUT2D eigenvalue weighted by Crippen LogP contribution is -2.61. The van der Waals surface area contributed by atoms with Crippen molar-refractivity contribution in [1.29, 1.82) is 0 Å². The highest BCUT2D eigenvalue weighted by Gasteiger charge is 2.50. The highest BCUT2D eigenvalue weighted by atomic mass is 16.7. The van der Waals surface area contributed by atoms with Gasteiger partial charge in [-0.3, -0.25) is 14.4 Å². The largest absolute Gasteiger partial charge is 0.479 e. The number of aliphatic hydroxyl groups is 2. The van der Waals surface area contributed by atoms with Crippen molar-refractivity contribution in [3.63, 3.8) is 0 Å². The number of allylic oxidation sites excluding steroid dienone is 24. The Bertz CT molecular complexity index is 1930. The summed E-state index contributed by atoms with van der Waals surface area (Å²) in [7, 11) is 0. The first-order chi connectivity index (χ1) is 38.6. The molecule has 1 saturated heterocycles. The van der Waals surface area contributed by atoms with E-state index in [1.54, 1.807) is 0 Å². The van der Waals surface area contributed by atoms with Crippen LogP contribution in [0.15, 0.2) is 146 Å². The topological polar surface area (TPSA) is 175 Å². The summed E-state index contributed by atoms with van der Waals surface area (Å²) in [4.78, 5) is 51.2. The number of aliphatic hydroxyl groups excluding tert-OH is 2. The van der Waals surface area contributed by atoms with E-state index in [9.17, 15) is 34.5 Å². The van der Waals surface area contributed by atoms with Gasteiger partial charge in [-0.25, -0.2) is 4.79 Å². The molecule has 1 fully saturated rings. The minimum Gasteiger partial charge on any atom is -0.479 e. The number of aliphatic carboxylic acids is 1. The Balaban J connectivity index is 2.76. The second kappa shape index (κ2) is 53.3. The van der Waals surface area contributed by atoms with Crippen molar-refractivity contribution in [3.05, 3.63) is 146 Å². The summed E-state index contributed by atoms with van der Waals surface area (Å²) in [5, 5.41) is 31.5. The standard InChI is InChI=1S/C67H102O12/c1-4-7-10-13-16-19-22-25-28-30-33-35-38-41-44-47-50-53-59(68)75-56-58(77-60(69)54-51-48-45-42-39-36-32-27-24-21-18-15-12-9-6-3)57-76-67-65(63(72)62(71)64(79-67)66(73)74)78-61(70)55-52-49-46-43-40-37-34-31-29-26-23-20-17-14-11-8-5-2/h7-12,16-21,25-29,32-35,37,39,42,58,62-65,67,71-72H,4-6,13-15,22-24,30-31,36,38,40-41,43-57H2,1-3H3,(H,73,74)/b10-7-,11-8-,12-9-,19-16-,20-17-,21-18-,28-25-,29-26-,32-27-,35-33-,37-34-,42-39-. The molecule has 79 heavy (non-hydrogen) atoms. The molecule has 0 spiro atoms. The highest BCUT2D eigenvalue weighted by Crippen LogP contribution is 2.26. The van der Waals surface area contributed by atoms with E-state index in [1.165, 1.54) is 0 Å². The molecule has 0 aliphatic carbocycles. The molecule has 1 aliphatic heterocycles. The summed E-state index contributed by atoms with van der Waals surface area (Å²) in [5.41, 5.74) is 0. The van der Waals surface area contributed by atoms with Crippen molar-refractivity contribution in [2.75, 3.05) is 13.2 Å². The van der Waals surface area contributed by atoms with Gasteiger partial charge in [-0.1, -0.05) is 192 Å². The molecule has 12 heteroatoms. The van der Waals surface area contributed by atoms with E-state index >= 15 is 0 Å². The van der Waals surface area contributed by atoms with E-state index in [1.807, 2.05) is 0 Å². The number of carbonyl (C=O) groups excluding carboxylic acids is 3. The van der Waals surface area contributed by atoms with Crippen LogP contribution in [0.2, 0.25) is 0 Å². The number of carbonyl (C=O) groups is 4. The Kier molecular flexibility index (Phi) is 48.3. The van der Waals surface area contributed by atoms with Gasteiger partial charge in [0.1, 0.15) is 18.8 Å². The summed E-state index contributed by atoms with van der Waals surface area (Å²) >= 11 is 0. The molecule has 0 bridgehead atoms. The van der Waals surface area contributed by atoms with Gasteiger partial charge in [-0.15, -0.1) is 0 Å². The van der Waals surface area contributed by atoms with Crippen molar-refractivity contribution in [1.82, 2.24) is 0 Å². The molecule has 442 valence electrons. The summed E-state index contributed by atoms with van der Waals surface area (Å²) < 4.78 is 28.3. The number of hydrogen-bond acceptors (Lipinski definition) is 11. The fourth-order valence-electron chi connectivity index (χ4n) is 7.93. The van der Waals surface area contributed by atoms with Gasteiger partial charge in [0.05, 0.1) is 6.61 Å². The summed E-state index contributed by atoms with van der Waals surface area (Å²) in [6.07, 6.45) is 63.8. The van der Waals surface area contributed by atoms with Gasteiger partial charge >= 0.3 is 23.9 Å². The zero-order valence-corrected chi connectivity index (χ0v) is 48.5. The van der Waals surface area contributed by atoms with Crippen molar-refractivity contribution >= 4 is 23.9 Å². The molecule has 3 N–H and O–H groups in total. The van der Waals surface area contributed by atoms with E-state index < -0.39 is 67.3 Å². The predicted molar refractivity (Wildman–Crippen MR) is 321 cm³/mol. The molecule has 0 aromatic carbocycles. The first-order valence-electron chi connectivity index (χ1n) is 29.8. The number of ether oxygens (including phenoxy) is 5. The van der Waals surface area contributed by atoms with Crippen molar-refractivity contribution in [3.8, 4) is 0 Å². The molecule has 0 aromatic rings. The molecular formula is C67H102O12. The minimum atomic E-state index is -1.93. The molecule has 1 heterocycles. The summed E-state index contributed by atoms with van der Waals surface area (Å²) in [5.74, 6) is -3.27. The molecule has 0 radical (unpaired) electrons. The van der Waals surface area contributed by atoms with Gasteiger partial charge in [-0.2, -0.15) is 0 Å². The van der Waals surface area contributed by atoms with Crippen LogP contribution in [0.3, 0.4) is 0 Å². The number of carboxylic acid groups (broad SMARTS) is 1. The second-order valence-corrected chi connectivity index (χ2v) is 19.5. The van der Waals surface area contributed by atoms with E-state index in [2.05, 4.69) is 167 Å². The third-order valence-electron chi connectivity index (χ3n) is 12.4. The average Bonchev–Trinajstić information content (AvgIpc) is 3.47. The number of unbranched alkanes of at least 4 members (excludes halogenated alkanes) is 10. The minimum absolute atomic E-state index is 0.0160. The van der Waals surface area contributed by atoms with Gasteiger partial charge < -0.3 is 39.0 Å². The SMILES string of the molecule is CC/C=C\C/C=C\C/C=C\C/C=C\CCCCCCC(=O)OCC(COC1OC(C(=O)O)C(O)C(O)C1OC(=O)CCCCCC/C=C\C/C=C\C/C=C\C/C=C\CC)OC(=O)CCCC/C=C\C/C=C\C/C=C\C/C=C\CC. The lowest BCUT2D eigenvalue weighted by Gasteiger charge is -2.40. The van der Waals surface area contributed by atoms with Gasteiger partial charge in [-0.05, 0) is 135 Å². The van der Waals surface area contributed by atoms with Crippen LogP contribution in [-0.2, 0) is 42.9 Å². The monoisotopic (exact) mass is 1100 g/mol. The highest BCUT2D eigenvalue weighted by molar-refractivity contribution is 5.74. The quantitative estimate of drug-likeness (QED) is 0.0228. The molecule has 6 unspecified atom stereocenters. The van der Waals surface area contributed by atoms with Crippen molar-refractivity contribution in [2.24, 2.45) is 0 Å². The van der Waals surface area contributed by atoms with E-state index in [0.717, 1.165) is 141 Å². The summed E-state index contributed by atoms with van der Waals surface area (Å²) in [6, 6.07) is 0. The smallest absolute Gasteiger partial charge is 0.335 e. The van der Waals surface area contributed by atoms with E-state index in [-0.39, 0.29) is 25.9 Å². The second-order valence-electron chi connectivity index (χ2n) is 19.5. The lowest BCUT2D eigenvalue weighted by molar-refractivity contribution is -0.301. The fourth-order valence-corrected chi connectivity index (χ4v) is 7.93. The first kappa shape index (κ1) is 71.6. The third kappa shape index (κ3) is 43.1. The van der Waals surface area contributed by atoms with E-state index in [4.69, 9.17) is 23.7 Å². The number of esters is 3. The molecular weight excluding hydrogens is 997 g/mol. The van der Waals surface area contributed by atoms with Gasteiger partial charge in [0.15, 0.2) is 24.6 Å².